The summed E-state index contributed by atoms with van der Waals surface area (Å²) in [6, 6.07) is 20.4. The van der Waals surface area contributed by atoms with Gasteiger partial charge in [0.1, 0.15) is 12.4 Å². The summed E-state index contributed by atoms with van der Waals surface area (Å²) in [7, 11) is 0. The fourth-order valence-corrected chi connectivity index (χ4v) is 3.76. The number of nitrogens with zero attached hydrogens (tertiary/aromatic N) is 1. The molecule has 2 aromatic carbocycles. The Hall–Kier alpha value is -2.26. The largest absolute Gasteiger partial charge is 0.488 e. The molecular formula is C25H28NOS. The highest BCUT2D eigenvalue weighted by Crippen LogP contribution is 2.31. The van der Waals surface area contributed by atoms with Gasteiger partial charge in [0.05, 0.1) is 0 Å². The molecule has 1 heterocycles. The van der Waals surface area contributed by atoms with Crippen molar-refractivity contribution in [2.45, 2.75) is 45.6 Å². The van der Waals surface area contributed by atoms with Crippen LogP contribution in [0.4, 0.5) is 0 Å². The third-order valence-electron chi connectivity index (χ3n) is 4.69. The van der Waals surface area contributed by atoms with E-state index in [0.29, 0.717) is 12.5 Å². The van der Waals surface area contributed by atoms with Crippen molar-refractivity contribution in [1.29, 1.82) is 0 Å². The quantitative estimate of drug-likeness (QED) is 0.421. The van der Waals surface area contributed by atoms with E-state index >= 15 is 0 Å². The predicted molar refractivity (Wildman–Crippen MR) is 119 cm³/mol. The van der Waals surface area contributed by atoms with Crippen molar-refractivity contribution in [1.82, 2.24) is 4.98 Å². The molecule has 0 unspecified atom stereocenters. The molecular weight excluding hydrogens is 362 g/mol. The Morgan fingerprint density at radius 2 is 1.75 bits per heavy atom. The van der Waals surface area contributed by atoms with Gasteiger partial charge in [0.25, 0.3) is 0 Å². The molecule has 28 heavy (non-hydrogen) atoms. The lowest BCUT2D eigenvalue weighted by atomic mass is 9.96. The second-order valence-electron chi connectivity index (χ2n) is 7.53. The molecule has 0 bridgehead atoms. The highest BCUT2D eigenvalue weighted by atomic mass is 32.2. The van der Waals surface area contributed by atoms with Crippen molar-refractivity contribution >= 4 is 11.8 Å². The summed E-state index contributed by atoms with van der Waals surface area (Å²) >= 11 is 1.70. The van der Waals surface area contributed by atoms with Crippen LogP contribution in [0.15, 0.2) is 53.4 Å². The zero-order valence-corrected chi connectivity index (χ0v) is 18.2. The van der Waals surface area contributed by atoms with Gasteiger partial charge in [-0.15, -0.1) is 11.8 Å². The van der Waals surface area contributed by atoms with Crippen LogP contribution < -0.4 is 4.74 Å². The first-order valence-electron chi connectivity index (χ1n) is 9.72. The van der Waals surface area contributed by atoms with Gasteiger partial charge in [0.2, 0.25) is 0 Å². The van der Waals surface area contributed by atoms with Crippen LogP contribution in [0, 0.1) is 25.8 Å². The molecule has 0 aliphatic carbocycles. The molecule has 2 nitrogen and oxygen atoms in total. The molecule has 3 aromatic rings. The smallest absolute Gasteiger partial charge is 0.133 e. The number of thioether (sulfide) groups is 1. The van der Waals surface area contributed by atoms with Gasteiger partial charge >= 0.3 is 0 Å². The van der Waals surface area contributed by atoms with E-state index < -0.39 is 0 Å². The molecule has 0 aliphatic heterocycles. The van der Waals surface area contributed by atoms with Gasteiger partial charge in [-0.25, -0.2) is 0 Å². The summed E-state index contributed by atoms with van der Waals surface area (Å²) in [6.45, 7) is 9.10. The molecule has 145 valence electrons. The maximum absolute atomic E-state index is 6.22. The first-order valence-corrected chi connectivity index (χ1v) is 10.9. The van der Waals surface area contributed by atoms with Gasteiger partial charge in [0, 0.05) is 27.9 Å². The van der Waals surface area contributed by atoms with Gasteiger partial charge < -0.3 is 4.74 Å². The molecule has 0 spiro atoms. The van der Waals surface area contributed by atoms with Crippen LogP contribution in [-0.4, -0.2) is 11.2 Å². The normalized spacial score (nSPS) is 11.1. The Labute approximate surface area is 173 Å². The van der Waals surface area contributed by atoms with E-state index in [9.17, 15) is 0 Å². The lowest BCUT2D eigenvalue weighted by Gasteiger charge is -2.17. The van der Waals surface area contributed by atoms with Gasteiger partial charge in [-0.1, -0.05) is 55.8 Å². The fourth-order valence-electron chi connectivity index (χ4n) is 3.21. The number of rotatable bonds is 7. The van der Waals surface area contributed by atoms with E-state index in [1.807, 2.05) is 18.2 Å². The minimum Gasteiger partial charge on any atom is -0.488 e. The van der Waals surface area contributed by atoms with Crippen molar-refractivity contribution < 1.29 is 4.74 Å². The number of pyridine rings is 1. The highest BCUT2D eigenvalue weighted by Gasteiger charge is 2.15. The van der Waals surface area contributed by atoms with Gasteiger partial charge in [-0.05, 0) is 55.7 Å². The average molecular weight is 391 g/mol. The molecule has 0 saturated heterocycles. The topological polar surface area (TPSA) is 22.1 Å². The Morgan fingerprint density at radius 3 is 2.43 bits per heavy atom. The molecule has 1 aromatic heterocycles. The molecule has 0 saturated carbocycles. The molecule has 3 heteroatoms. The number of para-hydroxylation sites is 1. The van der Waals surface area contributed by atoms with Crippen LogP contribution in [0.25, 0.3) is 11.1 Å². The molecule has 1 radical (unpaired) electrons. The molecule has 0 aliphatic rings. The summed E-state index contributed by atoms with van der Waals surface area (Å²) in [5, 5.41) is 0. The third kappa shape index (κ3) is 4.96. The zero-order chi connectivity index (χ0) is 20.1. The summed E-state index contributed by atoms with van der Waals surface area (Å²) in [4.78, 5) is 5.98. The van der Waals surface area contributed by atoms with Crippen LogP contribution in [0.5, 0.6) is 5.75 Å². The van der Waals surface area contributed by atoms with E-state index in [2.05, 4.69) is 70.3 Å². The Kier molecular flexibility index (Phi) is 6.79. The standard InChI is InChI=1S/C25H28NOS/c1-17(2)14-21-15-22(20-12-10-18(3)11-13-20)23(19(4)26-21)16-27-24-8-6-7-9-25(24)28-5/h6-13,17H,14,16H2,1-5H3. The monoisotopic (exact) mass is 390 g/mol. The number of hydrogen-bond acceptors (Lipinski definition) is 3. The lowest BCUT2D eigenvalue weighted by Crippen LogP contribution is -2.07. The first-order chi connectivity index (χ1) is 13.5. The fraction of sp³-hybridized carbons (Fsp3) is 0.320. The predicted octanol–water partition coefficient (Wildman–Crippen LogP) is 6.67. The molecule has 0 fully saturated rings. The maximum Gasteiger partial charge on any atom is 0.133 e. The molecule has 3 rings (SSSR count). The van der Waals surface area contributed by atoms with Crippen molar-refractivity contribution in [3.05, 3.63) is 77.1 Å². The van der Waals surface area contributed by atoms with Crippen LogP contribution in [0.3, 0.4) is 0 Å². The third-order valence-corrected chi connectivity index (χ3v) is 5.47. The summed E-state index contributed by atoms with van der Waals surface area (Å²) < 4.78 is 6.22. The van der Waals surface area contributed by atoms with Crippen LogP contribution in [-0.2, 0) is 13.0 Å². The summed E-state index contributed by atoms with van der Waals surface area (Å²) in [6.07, 6.45) is 3.00. The summed E-state index contributed by atoms with van der Waals surface area (Å²) in [5.41, 5.74) is 6.67. The zero-order valence-electron chi connectivity index (χ0n) is 17.4. The SMILES string of the molecule is CSc1ccccc1OCc1c(-c2ccc(C)cc2)[c]c(CC(C)C)nc1C. The van der Waals surface area contributed by atoms with E-state index in [-0.39, 0.29) is 0 Å². The Morgan fingerprint density at radius 1 is 1.04 bits per heavy atom. The van der Waals surface area contributed by atoms with Gasteiger partial charge in [-0.3, -0.25) is 4.98 Å². The second-order valence-corrected chi connectivity index (χ2v) is 8.37. The van der Waals surface area contributed by atoms with Crippen LogP contribution in [0.2, 0.25) is 0 Å². The van der Waals surface area contributed by atoms with E-state index in [1.165, 1.54) is 5.56 Å². The van der Waals surface area contributed by atoms with Gasteiger partial charge in [0.15, 0.2) is 0 Å². The van der Waals surface area contributed by atoms with Gasteiger partial charge in [-0.2, -0.15) is 0 Å². The van der Waals surface area contributed by atoms with E-state index in [0.717, 1.165) is 45.1 Å². The van der Waals surface area contributed by atoms with Crippen molar-refractivity contribution in [2.24, 2.45) is 5.92 Å². The lowest BCUT2D eigenvalue weighted by molar-refractivity contribution is 0.298. The number of ether oxygens (including phenoxy) is 1. The van der Waals surface area contributed by atoms with E-state index in [1.54, 1.807) is 11.8 Å². The Bertz CT molecular complexity index is 932. The maximum atomic E-state index is 6.22. The summed E-state index contributed by atoms with van der Waals surface area (Å²) in [5.74, 6) is 1.46. The number of hydrogen-bond donors (Lipinski definition) is 0. The molecule has 0 amide bonds. The number of aryl methyl sites for hydroxylation is 2. The highest BCUT2D eigenvalue weighted by molar-refractivity contribution is 7.98. The van der Waals surface area contributed by atoms with Crippen molar-refractivity contribution in [3.8, 4) is 16.9 Å². The second kappa shape index (κ2) is 9.29. The number of benzene rings is 2. The number of aromatic nitrogens is 1. The first kappa shape index (κ1) is 20.5. The molecule has 0 atom stereocenters. The minimum atomic E-state index is 0.484. The van der Waals surface area contributed by atoms with Crippen LogP contribution in [0.1, 0.15) is 36.4 Å². The average Bonchev–Trinajstić information content (AvgIpc) is 2.67. The van der Waals surface area contributed by atoms with E-state index in [4.69, 9.17) is 9.72 Å². The minimum absolute atomic E-state index is 0.484. The van der Waals surface area contributed by atoms with Crippen LogP contribution >= 0.6 is 11.8 Å². The molecule has 0 N–H and O–H groups in total. The Balaban J connectivity index is 1.99. The van der Waals surface area contributed by atoms with Crippen molar-refractivity contribution in [3.63, 3.8) is 0 Å². The van der Waals surface area contributed by atoms with Crippen molar-refractivity contribution in [2.75, 3.05) is 6.26 Å².